The average molecular weight is 154 g/mol. The lowest BCUT2D eigenvalue weighted by atomic mass is 11.9. The van der Waals surface area contributed by atoms with Crippen LogP contribution in [0, 0.1) is 0 Å². The summed E-state index contributed by atoms with van der Waals surface area (Å²) in [5.74, 6) is 0. The zero-order valence-corrected chi connectivity index (χ0v) is 8.45. The van der Waals surface area contributed by atoms with Crippen LogP contribution < -0.4 is 0 Å². The molecular formula is C6H18S2. The van der Waals surface area contributed by atoms with E-state index in [4.69, 9.17) is 0 Å². The lowest BCUT2D eigenvalue weighted by molar-refractivity contribution is 2.09. The lowest BCUT2D eigenvalue weighted by Gasteiger charge is -2.45. The van der Waals surface area contributed by atoms with Gasteiger partial charge in [-0.05, 0) is 37.5 Å². The molecular weight excluding hydrogens is 136 g/mol. The van der Waals surface area contributed by atoms with E-state index in [1.54, 1.807) is 0 Å². The lowest BCUT2D eigenvalue weighted by Crippen LogP contribution is -2.01. The maximum atomic E-state index is 2.39. The third-order valence-corrected chi connectivity index (χ3v) is 13.5. The van der Waals surface area contributed by atoms with Crippen molar-refractivity contribution in [3.8, 4) is 0 Å². The molecule has 0 saturated carbocycles. The van der Waals surface area contributed by atoms with Crippen molar-refractivity contribution in [2.75, 3.05) is 37.5 Å². The highest BCUT2D eigenvalue weighted by atomic mass is 33.2. The van der Waals surface area contributed by atoms with Crippen LogP contribution in [0.4, 0.5) is 0 Å². The fourth-order valence-corrected chi connectivity index (χ4v) is 0. The summed E-state index contributed by atoms with van der Waals surface area (Å²) in [5, 5.41) is 0. The van der Waals surface area contributed by atoms with E-state index < -0.39 is 0 Å². The van der Waals surface area contributed by atoms with Gasteiger partial charge < -0.3 is 0 Å². The maximum absolute atomic E-state index is 2.39. The highest BCUT2D eigenvalue weighted by molar-refractivity contribution is 9.07. The van der Waals surface area contributed by atoms with Gasteiger partial charge in [0, 0.05) is 0 Å². The highest BCUT2D eigenvalue weighted by Crippen LogP contribution is 2.69. The van der Waals surface area contributed by atoms with Crippen LogP contribution in [0.1, 0.15) is 0 Å². The first-order valence-electron chi connectivity index (χ1n) is 2.62. The molecule has 0 spiro atoms. The zero-order chi connectivity index (χ0) is 7.00. The fourth-order valence-electron chi connectivity index (χ4n) is 0. The molecule has 0 aliphatic rings. The molecule has 0 bridgehead atoms. The second kappa shape index (κ2) is 2.14. The van der Waals surface area contributed by atoms with Gasteiger partial charge in [0.05, 0.1) is 0 Å². The van der Waals surface area contributed by atoms with Crippen molar-refractivity contribution in [1.82, 2.24) is 0 Å². The molecule has 0 atom stereocenters. The molecule has 0 amide bonds. The summed E-state index contributed by atoms with van der Waals surface area (Å²) in [6.45, 7) is 0. The molecule has 0 nitrogen and oxygen atoms in total. The fraction of sp³-hybridized carbons (Fsp3) is 1.00. The smallest absolute Gasteiger partial charge is 0.0277 e. The molecule has 0 radical (unpaired) electrons. The second-order valence-electron chi connectivity index (χ2n) is 3.45. The van der Waals surface area contributed by atoms with Gasteiger partial charge in [-0.3, -0.25) is 0 Å². The van der Waals surface area contributed by atoms with Gasteiger partial charge in [-0.2, -0.15) is 0 Å². The van der Waals surface area contributed by atoms with Crippen molar-refractivity contribution in [2.45, 2.75) is 0 Å². The van der Waals surface area contributed by atoms with Crippen LogP contribution in [0.2, 0.25) is 0 Å². The third kappa shape index (κ3) is 2.31. The number of hydrogen-bond acceptors (Lipinski definition) is 0. The van der Waals surface area contributed by atoms with Gasteiger partial charge in [-0.15, -0.1) is 0 Å². The molecule has 2 heteroatoms. The standard InChI is InChI=1S/C6H18S2/c1-7(2,3)8(4,5)6/h1-6H3. The molecule has 0 fully saturated rings. The molecule has 0 rings (SSSR count). The van der Waals surface area contributed by atoms with E-state index in [2.05, 4.69) is 37.5 Å². The second-order valence-corrected chi connectivity index (χ2v) is 16.3. The molecule has 0 aromatic carbocycles. The summed E-state index contributed by atoms with van der Waals surface area (Å²) >= 11 is 0. The van der Waals surface area contributed by atoms with E-state index >= 15 is 0 Å². The minimum atomic E-state index is -0.257. The van der Waals surface area contributed by atoms with Crippen LogP contribution in [-0.2, 0) is 0 Å². The van der Waals surface area contributed by atoms with E-state index in [1.165, 1.54) is 0 Å². The molecule has 54 valence electrons. The van der Waals surface area contributed by atoms with Gasteiger partial charge in [-0.1, -0.05) is 0 Å². The molecule has 0 heterocycles. The van der Waals surface area contributed by atoms with E-state index in [9.17, 15) is 0 Å². The average Bonchev–Trinajstić information content (AvgIpc) is 1.25. The predicted molar refractivity (Wildman–Crippen MR) is 50.7 cm³/mol. The van der Waals surface area contributed by atoms with Crippen LogP contribution in [0.3, 0.4) is 0 Å². The Balaban J connectivity index is 4.02. The van der Waals surface area contributed by atoms with Gasteiger partial charge in [-0.25, -0.2) is 18.1 Å². The van der Waals surface area contributed by atoms with Crippen LogP contribution in [0.25, 0.3) is 0 Å². The van der Waals surface area contributed by atoms with E-state index in [-0.39, 0.29) is 18.1 Å². The molecule has 0 aliphatic heterocycles. The summed E-state index contributed by atoms with van der Waals surface area (Å²) in [5.41, 5.74) is 0. The van der Waals surface area contributed by atoms with E-state index in [1.807, 2.05) is 0 Å². The Hall–Kier alpha value is 0.700. The molecule has 0 saturated heterocycles. The topological polar surface area (TPSA) is 0 Å². The Morgan fingerprint density at radius 3 is 0.625 bits per heavy atom. The van der Waals surface area contributed by atoms with Crippen LogP contribution in [-0.4, -0.2) is 37.5 Å². The molecule has 0 aromatic heterocycles. The summed E-state index contributed by atoms with van der Waals surface area (Å²) in [6.07, 6.45) is 14.3. The SMILES string of the molecule is CS(C)(C)S(C)(C)C. The zero-order valence-electron chi connectivity index (χ0n) is 6.82. The van der Waals surface area contributed by atoms with E-state index in [0.29, 0.717) is 0 Å². The Kier molecular flexibility index (Phi) is 2.33. The number of rotatable bonds is 1. The van der Waals surface area contributed by atoms with Gasteiger partial charge in [0.25, 0.3) is 0 Å². The largest absolute Gasteiger partial charge is 0.219 e. The van der Waals surface area contributed by atoms with Gasteiger partial charge in [0.2, 0.25) is 0 Å². The number of hydrogen-bond donors (Lipinski definition) is 0. The van der Waals surface area contributed by atoms with Crippen molar-refractivity contribution < 1.29 is 0 Å². The van der Waals surface area contributed by atoms with Crippen molar-refractivity contribution in [2.24, 2.45) is 0 Å². The predicted octanol–water partition coefficient (Wildman–Crippen LogP) is 2.29. The van der Waals surface area contributed by atoms with Crippen molar-refractivity contribution in [3.63, 3.8) is 0 Å². The summed E-state index contributed by atoms with van der Waals surface area (Å²) in [7, 11) is -0.514. The quantitative estimate of drug-likeness (QED) is 0.508. The summed E-state index contributed by atoms with van der Waals surface area (Å²) in [6, 6.07) is 0. The Morgan fingerprint density at radius 1 is 0.500 bits per heavy atom. The molecule has 0 aliphatic carbocycles. The van der Waals surface area contributed by atoms with Gasteiger partial charge >= 0.3 is 0 Å². The molecule has 0 aromatic rings. The first-order chi connectivity index (χ1) is 3.25. The Morgan fingerprint density at radius 2 is 0.625 bits per heavy atom. The molecule has 8 heavy (non-hydrogen) atoms. The van der Waals surface area contributed by atoms with Gasteiger partial charge in [0.1, 0.15) is 0 Å². The first kappa shape index (κ1) is 8.70. The minimum Gasteiger partial charge on any atom is -0.219 e. The summed E-state index contributed by atoms with van der Waals surface area (Å²) in [4.78, 5) is 0. The summed E-state index contributed by atoms with van der Waals surface area (Å²) < 4.78 is 0. The molecule has 0 unspecified atom stereocenters. The van der Waals surface area contributed by atoms with Crippen molar-refractivity contribution in [3.05, 3.63) is 0 Å². The molecule has 0 N–H and O–H groups in total. The monoisotopic (exact) mass is 154 g/mol. The van der Waals surface area contributed by atoms with Gasteiger partial charge in [0.15, 0.2) is 0 Å². The minimum absolute atomic E-state index is 0.257. The Labute approximate surface area is 56.1 Å². The van der Waals surface area contributed by atoms with Crippen LogP contribution in [0.15, 0.2) is 0 Å². The van der Waals surface area contributed by atoms with Crippen LogP contribution >= 0.6 is 18.1 Å². The van der Waals surface area contributed by atoms with Crippen LogP contribution in [0.5, 0.6) is 0 Å². The Bertz CT molecular complexity index is 61.5. The van der Waals surface area contributed by atoms with E-state index in [0.717, 1.165) is 0 Å². The van der Waals surface area contributed by atoms with Crippen molar-refractivity contribution in [1.29, 1.82) is 0 Å². The highest BCUT2D eigenvalue weighted by Gasteiger charge is 2.16. The normalized spacial score (nSPS) is 18.2. The third-order valence-electron chi connectivity index (χ3n) is 1.50. The van der Waals surface area contributed by atoms with Crippen molar-refractivity contribution >= 4 is 18.1 Å². The maximum Gasteiger partial charge on any atom is -0.0277 e. The first-order valence-corrected chi connectivity index (χ1v) is 8.85.